The zero-order chi connectivity index (χ0) is 14.4. The SMILES string of the molecule is CCC(=O)Nc1ccc(CC(=O)c2ccccc2)cc1. The van der Waals surface area contributed by atoms with Gasteiger partial charge in [0, 0.05) is 24.1 Å². The molecule has 0 atom stereocenters. The number of carbonyl (C=O) groups is 2. The Kier molecular flexibility index (Phi) is 4.66. The van der Waals surface area contributed by atoms with Gasteiger partial charge in [0.1, 0.15) is 0 Å². The number of hydrogen-bond acceptors (Lipinski definition) is 2. The zero-order valence-corrected chi connectivity index (χ0v) is 11.4. The molecule has 0 unspecified atom stereocenters. The maximum Gasteiger partial charge on any atom is 0.224 e. The predicted molar refractivity (Wildman–Crippen MR) is 79.8 cm³/mol. The molecule has 3 nitrogen and oxygen atoms in total. The van der Waals surface area contributed by atoms with Crippen LogP contribution in [0, 0.1) is 0 Å². The third-order valence-corrected chi connectivity index (χ3v) is 3.02. The Morgan fingerprint density at radius 2 is 1.60 bits per heavy atom. The summed E-state index contributed by atoms with van der Waals surface area (Å²) in [6, 6.07) is 16.6. The summed E-state index contributed by atoms with van der Waals surface area (Å²) in [4.78, 5) is 23.3. The second-order valence-electron chi connectivity index (χ2n) is 4.56. The molecule has 2 rings (SSSR count). The molecule has 20 heavy (non-hydrogen) atoms. The van der Waals surface area contributed by atoms with Crippen LogP contribution in [0.4, 0.5) is 5.69 Å². The average molecular weight is 267 g/mol. The molecule has 3 heteroatoms. The Morgan fingerprint density at radius 3 is 2.20 bits per heavy atom. The van der Waals surface area contributed by atoms with Crippen molar-refractivity contribution < 1.29 is 9.59 Å². The van der Waals surface area contributed by atoms with Gasteiger partial charge in [0.05, 0.1) is 0 Å². The van der Waals surface area contributed by atoms with Crippen LogP contribution in [0.1, 0.15) is 29.3 Å². The number of anilines is 1. The highest BCUT2D eigenvalue weighted by Gasteiger charge is 2.06. The van der Waals surface area contributed by atoms with E-state index in [1.807, 2.05) is 61.5 Å². The van der Waals surface area contributed by atoms with Crippen molar-refractivity contribution in [2.24, 2.45) is 0 Å². The Bertz CT molecular complexity index is 588. The summed E-state index contributed by atoms with van der Waals surface area (Å²) < 4.78 is 0. The lowest BCUT2D eigenvalue weighted by Gasteiger charge is -2.05. The first-order valence-electron chi connectivity index (χ1n) is 6.66. The zero-order valence-electron chi connectivity index (χ0n) is 11.4. The Morgan fingerprint density at radius 1 is 0.950 bits per heavy atom. The van der Waals surface area contributed by atoms with E-state index in [2.05, 4.69) is 5.32 Å². The second-order valence-corrected chi connectivity index (χ2v) is 4.56. The average Bonchev–Trinajstić information content (AvgIpc) is 2.50. The molecule has 1 amide bonds. The van der Waals surface area contributed by atoms with Gasteiger partial charge in [-0.25, -0.2) is 0 Å². The van der Waals surface area contributed by atoms with Crippen molar-refractivity contribution in [3.8, 4) is 0 Å². The Labute approximate surface area is 118 Å². The number of hydrogen-bond donors (Lipinski definition) is 1. The van der Waals surface area contributed by atoms with Crippen LogP contribution in [0.15, 0.2) is 54.6 Å². The molecule has 0 saturated carbocycles. The molecule has 0 fully saturated rings. The predicted octanol–water partition coefficient (Wildman–Crippen LogP) is 3.46. The number of amides is 1. The van der Waals surface area contributed by atoms with Crippen LogP contribution in [0.5, 0.6) is 0 Å². The summed E-state index contributed by atoms with van der Waals surface area (Å²) in [6.07, 6.45) is 0.820. The van der Waals surface area contributed by atoms with Crippen molar-refractivity contribution in [2.75, 3.05) is 5.32 Å². The molecule has 2 aromatic carbocycles. The smallest absolute Gasteiger partial charge is 0.224 e. The van der Waals surface area contributed by atoms with Crippen molar-refractivity contribution in [2.45, 2.75) is 19.8 Å². The summed E-state index contributed by atoms with van der Waals surface area (Å²) in [5.41, 5.74) is 2.41. The fourth-order valence-corrected chi connectivity index (χ4v) is 1.87. The molecule has 0 saturated heterocycles. The fourth-order valence-electron chi connectivity index (χ4n) is 1.87. The van der Waals surface area contributed by atoms with Crippen molar-refractivity contribution in [3.63, 3.8) is 0 Å². The summed E-state index contributed by atoms with van der Waals surface area (Å²) in [5, 5.41) is 2.78. The first kappa shape index (κ1) is 14.0. The second kappa shape index (κ2) is 6.66. The third kappa shape index (κ3) is 3.79. The quantitative estimate of drug-likeness (QED) is 0.843. The van der Waals surface area contributed by atoms with Gasteiger partial charge in [-0.15, -0.1) is 0 Å². The molecule has 0 aliphatic rings. The van der Waals surface area contributed by atoms with Gasteiger partial charge in [0.2, 0.25) is 5.91 Å². The monoisotopic (exact) mass is 267 g/mol. The van der Waals surface area contributed by atoms with Gasteiger partial charge in [0.25, 0.3) is 0 Å². The van der Waals surface area contributed by atoms with E-state index in [-0.39, 0.29) is 11.7 Å². The van der Waals surface area contributed by atoms with E-state index in [0.29, 0.717) is 12.8 Å². The number of Topliss-reactive ketones (excluding diaryl/α,β-unsaturated/α-hetero) is 1. The van der Waals surface area contributed by atoms with Crippen LogP contribution in [-0.4, -0.2) is 11.7 Å². The summed E-state index contributed by atoms with van der Waals surface area (Å²) in [7, 11) is 0. The molecular formula is C17H17NO2. The van der Waals surface area contributed by atoms with Gasteiger partial charge >= 0.3 is 0 Å². The maximum atomic E-state index is 12.1. The summed E-state index contributed by atoms with van der Waals surface area (Å²) in [5.74, 6) is 0.0778. The minimum Gasteiger partial charge on any atom is -0.326 e. The first-order valence-corrected chi connectivity index (χ1v) is 6.66. The minimum atomic E-state index is -0.0156. The molecule has 102 valence electrons. The highest BCUT2D eigenvalue weighted by Crippen LogP contribution is 2.12. The van der Waals surface area contributed by atoms with E-state index in [1.54, 1.807) is 0 Å². The van der Waals surface area contributed by atoms with Crippen LogP contribution in [0.3, 0.4) is 0 Å². The number of carbonyl (C=O) groups excluding carboxylic acids is 2. The van der Waals surface area contributed by atoms with Crippen LogP contribution in [-0.2, 0) is 11.2 Å². The van der Waals surface area contributed by atoms with E-state index in [1.165, 1.54) is 0 Å². The van der Waals surface area contributed by atoms with Gasteiger partial charge in [-0.1, -0.05) is 49.4 Å². The van der Waals surface area contributed by atoms with Crippen molar-refractivity contribution in [3.05, 3.63) is 65.7 Å². The lowest BCUT2D eigenvalue weighted by atomic mass is 10.0. The van der Waals surface area contributed by atoms with Crippen LogP contribution in [0.2, 0.25) is 0 Å². The van der Waals surface area contributed by atoms with Crippen LogP contribution >= 0.6 is 0 Å². The number of nitrogens with one attached hydrogen (secondary N) is 1. The highest BCUT2D eigenvalue weighted by molar-refractivity contribution is 5.97. The first-order chi connectivity index (χ1) is 9.69. The number of ketones is 1. The van der Waals surface area contributed by atoms with E-state index in [0.717, 1.165) is 16.8 Å². The van der Waals surface area contributed by atoms with Crippen molar-refractivity contribution in [1.82, 2.24) is 0 Å². The molecule has 0 radical (unpaired) electrons. The van der Waals surface area contributed by atoms with Crippen molar-refractivity contribution in [1.29, 1.82) is 0 Å². The molecule has 0 spiro atoms. The molecule has 0 heterocycles. The van der Waals surface area contributed by atoms with Gasteiger partial charge in [-0.2, -0.15) is 0 Å². The van der Waals surface area contributed by atoms with E-state index in [4.69, 9.17) is 0 Å². The molecule has 1 N–H and O–H groups in total. The summed E-state index contributed by atoms with van der Waals surface area (Å²) >= 11 is 0. The molecule has 2 aromatic rings. The number of rotatable bonds is 5. The summed E-state index contributed by atoms with van der Waals surface area (Å²) in [6.45, 7) is 1.81. The van der Waals surface area contributed by atoms with Crippen LogP contribution < -0.4 is 5.32 Å². The number of benzene rings is 2. The molecule has 0 aliphatic heterocycles. The molecule has 0 bridgehead atoms. The Balaban J connectivity index is 2.00. The van der Waals surface area contributed by atoms with Gasteiger partial charge in [-0.05, 0) is 17.7 Å². The van der Waals surface area contributed by atoms with E-state index < -0.39 is 0 Å². The van der Waals surface area contributed by atoms with Gasteiger partial charge in [0.15, 0.2) is 5.78 Å². The lowest BCUT2D eigenvalue weighted by molar-refractivity contribution is -0.115. The van der Waals surface area contributed by atoms with Crippen molar-refractivity contribution >= 4 is 17.4 Å². The third-order valence-electron chi connectivity index (χ3n) is 3.02. The molecule has 0 aromatic heterocycles. The fraction of sp³-hybridized carbons (Fsp3) is 0.176. The van der Waals surface area contributed by atoms with Gasteiger partial charge in [-0.3, -0.25) is 9.59 Å². The van der Waals surface area contributed by atoms with E-state index >= 15 is 0 Å². The lowest BCUT2D eigenvalue weighted by Crippen LogP contribution is -2.09. The van der Waals surface area contributed by atoms with Gasteiger partial charge < -0.3 is 5.32 Å². The maximum absolute atomic E-state index is 12.1. The topological polar surface area (TPSA) is 46.2 Å². The standard InChI is InChI=1S/C17H17NO2/c1-2-17(20)18-15-10-8-13(9-11-15)12-16(19)14-6-4-3-5-7-14/h3-11H,2,12H2,1H3,(H,18,20). The normalized spacial score (nSPS) is 10.1. The largest absolute Gasteiger partial charge is 0.326 e. The van der Waals surface area contributed by atoms with Crippen LogP contribution in [0.25, 0.3) is 0 Å². The molecular weight excluding hydrogens is 250 g/mol. The Hall–Kier alpha value is -2.42. The highest BCUT2D eigenvalue weighted by atomic mass is 16.1. The minimum absolute atomic E-state index is 0.0156. The molecule has 0 aliphatic carbocycles. The van der Waals surface area contributed by atoms with E-state index in [9.17, 15) is 9.59 Å².